The van der Waals surface area contributed by atoms with E-state index in [1.165, 1.54) is 0 Å². The van der Waals surface area contributed by atoms with E-state index in [0.29, 0.717) is 5.75 Å². The zero-order valence-electron chi connectivity index (χ0n) is 13.9. The van der Waals surface area contributed by atoms with E-state index in [-0.39, 0.29) is 13.0 Å². The highest BCUT2D eigenvalue weighted by molar-refractivity contribution is 5.78. The van der Waals surface area contributed by atoms with E-state index in [2.05, 4.69) is 0 Å². The van der Waals surface area contributed by atoms with E-state index in [1.807, 2.05) is 54.6 Å². The molecule has 25 heavy (non-hydrogen) atoms. The maximum absolute atomic E-state index is 11.2. The predicted octanol–water partition coefficient (Wildman–Crippen LogP) is 3.64. The van der Waals surface area contributed by atoms with E-state index in [1.54, 1.807) is 19.1 Å². The summed E-state index contributed by atoms with van der Waals surface area (Å²) in [7, 11) is 0. The van der Waals surface area contributed by atoms with Gasteiger partial charge in [-0.05, 0) is 23.3 Å². The Kier molecular flexibility index (Phi) is 6.77. The van der Waals surface area contributed by atoms with Crippen molar-refractivity contribution in [1.82, 2.24) is 0 Å². The molecule has 2 rings (SSSR count). The molecule has 0 aliphatic rings. The van der Waals surface area contributed by atoms with Gasteiger partial charge >= 0.3 is 11.9 Å². The molecule has 0 radical (unpaired) electrons. The van der Waals surface area contributed by atoms with Gasteiger partial charge in [-0.2, -0.15) is 0 Å². The largest absolute Gasteiger partial charge is 0.489 e. The number of carbonyl (C=O) groups excluding carboxylic acids is 1. The maximum Gasteiger partial charge on any atom is 0.348 e. The number of aliphatic carboxylic acids is 1. The van der Waals surface area contributed by atoms with Crippen LogP contribution in [0.25, 0.3) is 12.2 Å². The second-order valence-electron chi connectivity index (χ2n) is 5.29. The summed E-state index contributed by atoms with van der Waals surface area (Å²) >= 11 is 0. The van der Waals surface area contributed by atoms with Crippen LogP contribution in [0.1, 0.15) is 24.5 Å². The van der Waals surface area contributed by atoms with Gasteiger partial charge in [-0.25, -0.2) is 4.79 Å². The van der Waals surface area contributed by atoms with Crippen LogP contribution in [0.5, 0.6) is 5.75 Å². The molecule has 2 aromatic carbocycles. The fourth-order valence-electron chi connectivity index (χ4n) is 2.00. The lowest BCUT2D eigenvalue weighted by atomic mass is 10.1. The summed E-state index contributed by atoms with van der Waals surface area (Å²) in [5, 5.41) is 9.05. The zero-order chi connectivity index (χ0) is 18.1. The highest BCUT2D eigenvalue weighted by atomic mass is 16.6. The van der Waals surface area contributed by atoms with E-state index in [9.17, 15) is 9.59 Å². The lowest BCUT2D eigenvalue weighted by Gasteiger charge is -2.14. The first-order valence-corrected chi connectivity index (χ1v) is 7.96. The summed E-state index contributed by atoms with van der Waals surface area (Å²) in [6, 6.07) is 17.1. The molecule has 0 aliphatic carbocycles. The lowest BCUT2D eigenvalue weighted by Crippen LogP contribution is -2.32. The van der Waals surface area contributed by atoms with Crippen molar-refractivity contribution in [3.8, 4) is 5.75 Å². The highest BCUT2D eigenvalue weighted by Crippen LogP contribution is 2.15. The molecule has 1 atom stereocenters. The van der Waals surface area contributed by atoms with Gasteiger partial charge in [0.05, 0.1) is 0 Å². The van der Waals surface area contributed by atoms with Gasteiger partial charge in [-0.15, -0.1) is 0 Å². The van der Waals surface area contributed by atoms with Crippen LogP contribution in [-0.2, 0) is 14.3 Å². The van der Waals surface area contributed by atoms with E-state index >= 15 is 0 Å². The summed E-state index contributed by atoms with van der Waals surface area (Å²) < 4.78 is 10.2. The first-order chi connectivity index (χ1) is 12.1. The van der Waals surface area contributed by atoms with Crippen molar-refractivity contribution in [1.29, 1.82) is 0 Å². The first kappa shape index (κ1) is 18.3. The van der Waals surface area contributed by atoms with Gasteiger partial charge in [0, 0.05) is 6.42 Å². The normalized spacial score (nSPS) is 11.9. The first-order valence-electron chi connectivity index (χ1n) is 7.96. The highest BCUT2D eigenvalue weighted by Gasteiger charge is 2.22. The Bertz CT molecular complexity index is 720. The quantitative estimate of drug-likeness (QED) is 0.587. The minimum Gasteiger partial charge on any atom is -0.489 e. The van der Waals surface area contributed by atoms with Crippen LogP contribution in [0, 0.1) is 0 Å². The molecule has 0 spiro atoms. The molecule has 0 bridgehead atoms. The van der Waals surface area contributed by atoms with Gasteiger partial charge in [0.2, 0.25) is 6.10 Å². The van der Waals surface area contributed by atoms with Crippen molar-refractivity contribution >= 4 is 24.1 Å². The molecule has 5 heteroatoms. The average Bonchev–Trinajstić information content (AvgIpc) is 2.64. The van der Waals surface area contributed by atoms with Crippen molar-refractivity contribution in [3.05, 3.63) is 65.7 Å². The standard InChI is InChI=1S/C20H20O5/c1-2-19(21)25-18(20(22)23)14-24-17-12-10-16(11-13-17)9-8-15-6-4-3-5-7-15/h3-13,18H,2,14H2,1H3,(H,22,23)/b9-8+. The van der Waals surface area contributed by atoms with Crippen LogP contribution in [0.2, 0.25) is 0 Å². The third-order valence-electron chi connectivity index (χ3n) is 3.39. The van der Waals surface area contributed by atoms with Crippen LogP contribution in [-0.4, -0.2) is 29.8 Å². The number of carbonyl (C=O) groups is 2. The Morgan fingerprint density at radius 2 is 1.60 bits per heavy atom. The molecule has 5 nitrogen and oxygen atoms in total. The topological polar surface area (TPSA) is 72.8 Å². The Hall–Kier alpha value is -3.08. The molecule has 130 valence electrons. The van der Waals surface area contributed by atoms with Crippen molar-refractivity contribution in [2.24, 2.45) is 0 Å². The van der Waals surface area contributed by atoms with Crippen molar-refractivity contribution in [3.63, 3.8) is 0 Å². The molecule has 1 unspecified atom stereocenters. The molecule has 0 aromatic heterocycles. The number of hydrogen-bond donors (Lipinski definition) is 1. The van der Waals surface area contributed by atoms with Crippen LogP contribution in [0.3, 0.4) is 0 Å². The van der Waals surface area contributed by atoms with Crippen LogP contribution in [0.15, 0.2) is 54.6 Å². The summed E-state index contributed by atoms with van der Waals surface area (Å²) in [5.74, 6) is -1.29. The van der Waals surface area contributed by atoms with E-state index in [0.717, 1.165) is 11.1 Å². The molecule has 0 saturated carbocycles. The lowest BCUT2D eigenvalue weighted by molar-refractivity contribution is -0.165. The fourth-order valence-corrected chi connectivity index (χ4v) is 2.00. The van der Waals surface area contributed by atoms with Crippen molar-refractivity contribution < 1.29 is 24.2 Å². The Morgan fingerprint density at radius 1 is 1.00 bits per heavy atom. The van der Waals surface area contributed by atoms with Crippen molar-refractivity contribution in [2.75, 3.05) is 6.61 Å². The third-order valence-corrected chi connectivity index (χ3v) is 3.39. The molecule has 1 N–H and O–H groups in total. The number of carboxylic acids is 1. The molecule has 0 amide bonds. The summed E-state index contributed by atoms with van der Waals surface area (Å²) in [6.07, 6.45) is 2.78. The molecule has 0 aliphatic heterocycles. The molecular formula is C20H20O5. The Labute approximate surface area is 146 Å². The van der Waals surface area contributed by atoms with E-state index in [4.69, 9.17) is 14.6 Å². The smallest absolute Gasteiger partial charge is 0.348 e. The number of rotatable bonds is 8. The third kappa shape index (κ3) is 6.14. The number of hydrogen-bond acceptors (Lipinski definition) is 4. The number of ether oxygens (including phenoxy) is 2. The van der Waals surface area contributed by atoms with Gasteiger partial charge in [0.1, 0.15) is 12.4 Å². The van der Waals surface area contributed by atoms with Crippen LogP contribution < -0.4 is 4.74 Å². The van der Waals surface area contributed by atoms with E-state index < -0.39 is 18.0 Å². The van der Waals surface area contributed by atoms with Crippen LogP contribution in [0.4, 0.5) is 0 Å². The fraction of sp³-hybridized carbons (Fsp3) is 0.200. The monoisotopic (exact) mass is 340 g/mol. The summed E-state index contributed by atoms with van der Waals surface area (Å²) in [6.45, 7) is 1.37. The summed E-state index contributed by atoms with van der Waals surface area (Å²) in [4.78, 5) is 22.3. The van der Waals surface area contributed by atoms with Crippen molar-refractivity contribution in [2.45, 2.75) is 19.4 Å². The minimum absolute atomic E-state index is 0.117. The predicted molar refractivity (Wildman–Crippen MR) is 95.1 cm³/mol. The average molecular weight is 340 g/mol. The molecular weight excluding hydrogens is 320 g/mol. The number of esters is 1. The molecule has 2 aromatic rings. The second-order valence-corrected chi connectivity index (χ2v) is 5.29. The Balaban J connectivity index is 1.92. The molecule has 0 heterocycles. The van der Waals surface area contributed by atoms with Gasteiger partial charge < -0.3 is 14.6 Å². The van der Waals surface area contributed by atoms with Gasteiger partial charge in [-0.3, -0.25) is 4.79 Å². The molecule has 0 fully saturated rings. The van der Waals surface area contributed by atoms with Gasteiger partial charge in [-0.1, -0.05) is 61.5 Å². The Morgan fingerprint density at radius 3 is 2.16 bits per heavy atom. The zero-order valence-corrected chi connectivity index (χ0v) is 13.9. The summed E-state index contributed by atoms with van der Waals surface area (Å²) in [5.41, 5.74) is 2.09. The SMILES string of the molecule is CCC(=O)OC(COc1ccc(/C=C/c2ccccc2)cc1)C(=O)O. The number of carboxylic acid groups (broad SMARTS) is 1. The van der Waals surface area contributed by atoms with Crippen LogP contribution >= 0.6 is 0 Å². The minimum atomic E-state index is -1.31. The number of benzene rings is 2. The van der Waals surface area contributed by atoms with Gasteiger partial charge in [0.25, 0.3) is 0 Å². The molecule has 0 saturated heterocycles. The maximum atomic E-state index is 11.2. The van der Waals surface area contributed by atoms with Gasteiger partial charge in [0.15, 0.2) is 0 Å². The second kappa shape index (κ2) is 9.27.